The number of hydrogen-bond acceptors (Lipinski definition) is 2. The minimum absolute atomic E-state index is 0.242. The van der Waals surface area contributed by atoms with Gasteiger partial charge in [0.05, 0.1) is 18.2 Å². The molecule has 1 aromatic carbocycles. The maximum Gasteiger partial charge on any atom is 0.0966 e. The molecule has 0 unspecified atom stereocenters. The first-order valence-electron chi connectivity index (χ1n) is 4.37. The van der Waals surface area contributed by atoms with E-state index in [0.29, 0.717) is 5.69 Å². The Kier molecular flexibility index (Phi) is 3.15. The second-order valence-electron chi connectivity index (χ2n) is 3.18. The van der Waals surface area contributed by atoms with Crippen LogP contribution in [0, 0.1) is 37.0 Å². The van der Waals surface area contributed by atoms with Gasteiger partial charge in [-0.05, 0) is 31.0 Å². The second-order valence-corrected chi connectivity index (χ2v) is 3.18. The third-order valence-electron chi connectivity index (χ3n) is 1.92. The third kappa shape index (κ3) is 2.28. The van der Waals surface area contributed by atoms with Crippen LogP contribution < -0.4 is 5.73 Å². The van der Waals surface area contributed by atoms with Crippen molar-refractivity contribution in [2.45, 2.75) is 20.3 Å². The normalized spacial score (nSPS) is 8.64. The summed E-state index contributed by atoms with van der Waals surface area (Å²) in [5.41, 5.74) is 9.55. The number of anilines is 1. The summed E-state index contributed by atoms with van der Waals surface area (Å²) in [6.07, 6.45) is 0.242. The summed E-state index contributed by atoms with van der Waals surface area (Å²) in [6.45, 7) is 3.96. The highest BCUT2D eigenvalue weighted by molar-refractivity contribution is 5.61. The molecule has 0 radical (unpaired) electrons. The van der Waals surface area contributed by atoms with Gasteiger partial charge in [-0.2, -0.15) is 5.26 Å². The molecule has 1 rings (SSSR count). The van der Waals surface area contributed by atoms with Crippen LogP contribution in [-0.2, 0) is 0 Å². The molecule has 0 aliphatic rings. The van der Waals surface area contributed by atoms with Crippen molar-refractivity contribution in [3.8, 4) is 17.9 Å². The fraction of sp³-hybridized carbons (Fsp3) is 0.250. The molecule has 0 atom stereocenters. The highest BCUT2D eigenvalue weighted by atomic mass is 14.6. The summed E-state index contributed by atoms with van der Waals surface area (Å²) in [7, 11) is 0. The van der Waals surface area contributed by atoms with Gasteiger partial charge in [-0.25, -0.2) is 0 Å². The van der Waals surface area contributed by atoms with Crippen molar-refractivity contribution in [1.29, 1.82) is 5.26 Å². The van der Waals surface area contributed by atoms with Gasteiger partial charge in [0.25, 0.3) is 0 Å². The molecule has 0 aromatic heterocycles. The lowest BCUT2D eigenvalue weighted by atomic mass is 10.0. The topological polar surface area (TPSA) is 49.8 Å². The number of nitrogens with two attached hydrogens (primary N) is 1. The molecular formula is C12H12N2. The summed E-state index contributed by atoms with van der Waals surface area (Å²) in [6, 6.07) is 5.93. The molecular weight excluding hydrogens is 172 g/mol. The third-order valence-corrected chi connectivity index (χ3v) is 1.92. The SMILES string of the molecule is Cc1cc(C)c(N)c(C#CCC#N)c1. The van der Waals surface area contributed by atoms with Crippen LogP contribution in [0.1, 0.15) is 23.1 Å². The Morgan fingerprint density at radius 3 is 2.71 bits per heavy atom. The number of benzene rings is 1. The van der Waals surface area contributed by atoms with Crippen LogP contribution in [-0.4, -0.2) is 0 Å². The predicted molar refractivity (Wildman–Crippen MR) is 57.4 cm³/mol. The molecule has 0 fully saturated rings. The first kappa shape index (κ1) is 10.2. The fourth-order valence-corrected chi connectivity index (χ4v) is 1.26. The number of nitriles is 1. The number of aryl methyl sites for hydroxylation is 2. The van der Waals surface area contributed by atoms with Crippen molar-refractivity contribution in [1.82, 2.24) is 0 Å². The average molecular weight is 184 g/mol. The zero-order valence-electron chi connectivity index (χ0n) is 8.39. The van der Waals surface area contributed by atoms with Gasteiger partial charge >= 0.3 is 0 Å². The van der Waals surface area contributed by atoms with Gasteiger partial charge < -0.3 is 5.73 Å². The minimum Gasteiger partial charge on any atom is -0.398 e. The molecule has 0 amide bonds. The highest BCUT2D eigenvalue weighted by Gasteiger charge is 1.99. The molecule has 0 aliphatic carbocycles. The molecule has 0 saturated heterocycles. The first-order valence-corrected chi connectivity index (χ1v) is 4.37. The van der Waals surface area contributed by atoms with Crippen LogP contribution in [0.3, 0.4) is 0 Å². The molecule has 0 heterocycles. The van der Waals surface area contributed by atoms with E-state index in [-0.39, 0.29) is 6.42 Å². The Morgan fingerprint density at radius 2 is 2.07 bits per heavy atom. The van der Waals surface area contributed by atoms with E-state index < -0.39 is 0 Å². The Morgan fingerprint density at radius 1 is 1.36 bits per heavy atom. The van der Waals surface area contributed by atoms with Crippen LogP contribution in [0.4, 0.5) is 5.69 Å². The number of hydrogen-bond donors (Lipinski definition) is 1. The number of nitrogens with zero attached hydrogens (tertiary/aromatic N) is 1. The van der Waals surface area contributed by atoms with Crippen molar-refractivity contribution in [2.24, 2.45) is 0 Å². The van der Waals surface area contributed by atoms with E-state index in [9.17, 15) is 0 Å². The quantitative estimate of drug-likeness (QED) is 0.496. The Bertz CT molecular complexity index is 442. The molecule has 0 bridgehead atoms. The van der Waals surface area contributed by atoms with Crippen molar-refractivity contribution >= 4 is 5.69 Å². The molecule has 2 heteroatoms. The lowest BCUT2D eigenvalue weighted by Crippen LogP contribution is -1.94. The van der Waals surface area contributed by atoms with Gasteiger partial charge in [-0.3, -0.25) is 0 Å². The van der Waals surface area contributed by atoms with Crippen LogP contribution in [0.15, 0.2) is 12.1 Å². The van der Waals surface area contributed by atoms with E-state index in [4.69, 9.17) is 11.0 Å². The largest absolute Gasteiger partial charge is 0.398 e. The molecule has 70 valence electrons. The summed E-state index contributed by atoms with van der Waals surface area (Å²) < 4.78 is 0. The van der Waals surface area contributed by atoms with Gasteiger partial charge in [0, 0.05) is 5.56 Å². The highest BCUT2D eigenvalue weighted by Crippen LogP contribution is 2.17. The average Bonchev–Trinajstić information content (AvgIpc) is 2.13. The number of nitrogen functional groups attached to an aromatic ring is 1. The van der Waals surface area contributed by atoms with Crippen molar-refractivity contribution in [3.05, 3.63) is 28.8 Å². The smallest absolute Gasteiger partial charge is 0.0966 e. The van der Waals surface area contributed by atoms with Crippen molar-refractivity contribution < 1.29 is 0 Å². The minimum atomic E-state index is 0.242. The summed E-state index contributed by atoms with van der Waals surface area (Å²) in [5, 5.41) is 8.34. The van der Waals surface area contributed by atoms with E-state index in [0.717, 1.165) is 16.7 Å². The van der Waals surface area contributed by atoms with E-state index in [1.54, 1.807) is 0 Å². The molecule has 2 nitrogen and oxygen atoms in total. The molecule has 0 aliphatic heterocycles. The Labute approximate surface area is 84.4 Å². The predicted octanol–water partition coefficient (Wildman–Crippen LogP) is 2.15. The monoisotopic (exact) mass is 184 g/mol. The Hall–Kier alpha value is -1.93. The summed E-state index contributed by atoms with van der Waals surface area (Å²) in [4.78, 5) is 0. The van der Waals surface area contributed by atoms with Gasteiger partial charge in [0.15, 0.2) is 0 Å². The lowest BCUT2D eigenvalue weighted by Gasteiger charge is -2.04. The molecule has 14 heavy (non-hydrogen) atoms. The maximum atomic E-state index is 8.34. The van der Waals surface area contributed by atoms with Crippen LogP contribution in [0.5, 0.6) is 0 Å². The zero-order chi connectivity index (χ0) is 10.6. The second kappa shape index (κ2) is 4.35. The van der Waals surface area contributed by atoms with Gasteiger partial charge in [0.2, 0.25) is 0 Å². The van der Waals surface area contributed by atoms with Gasteiger partial charge in [0.1, 0.15) is 0 Å². The molecule has 0 spiro atoms. The van der Waals surface area contributed by atoms with Gasteiger partial charge in [-0.15, -0.1) is 0 Å². The van der Waals surface area contributed by atoms with E-state index in [1.165, 1.54) is 0 Å². The summed E-state index contributed by atoms with van der Waals surface area (Å²) in [5.74, 6) is 5.65. The zero-order valence-corrected chi connectivity index (χ0v) is 8.39. The molecule has 0 saturated carbocycles. The lowest BCUT2D eigenvalue weighted by molar-refractivity contribution is 1.37. The van der Waals surface area contributed by atoms with Crippen LogP contribution >= 0.6 is 0 Å². The van der Waals surface area contributed by atoms with Crippen LogP contribution in [0.25, 0.3) is 0 Å². The van der Waals surface area contributed by atoms with E-state index in [2.05, 4.69) is 11.8 Å². The van der Waals surface area contributed by atoms with Crippen molar-refractivity contribution in [3.63, 3.8) is 0 Å². The first-order chi connectivity index (χ1) is 6.65. The molecule has 2 N–H and O–H groups in total. The maximum absolute atomic E-state index is 8.34. The summed E-state index contributed by atoms with van der Waals surface area (Å²) >= 11 is 0. The van der Waals surface area contributed by atoms with Crippen molar-refractivity contribution in [2.75, 3.05) is 5.73 Å². The van der Waals surface area contributed by atoms with Crippen LogP contribution in [0.2, 0.25) is 0 Å². The Balaban J connectivity index is 3.11. The fourth-order valence-electron chi connectivity index (χ4n) is 1.26. The molecule has 1 aromatic rings. The standard InChI is InChI=1S/C12H12N2/c1-9-7-10(2)12(14)11(8-9)5-3-4-6-13/h7-8H,4,14H2,1-2H3. The van der Waals surface area contributed by atoms with E-state index in [1.807, 2.05) is 32.0 Å². The van der Waals surface area contributed by atoms with Gasteiger partial charge in [-0.1, -0.05) is 17.9 Å². The number of rotatable bonds is 0. The van der Waals surface area contributed by atoms with E-state index >= 15 is 0 Å².